The van der Waals surface area contributed by atoms with Gasteiger partial charge >= 0.3 is 0 Å². The van der Waals surface area contributed by atoms with Crippen molar-refractivity contribution in [3.8, 4) is 5.75 Å². The molecule has 1 aliphatic rings. The number of hydrogen-bond donors (Lipinski definition) is 2. The first-order valence-corrected chi connectivity index (χ1v) is 5.97. The van der Waals surface area contributed by atoms with Crippen molar-refractivity contribution >= 4 is 5.84 Å². The van der Waals surface area contributed by atoms with Gasteiger partial charge in [0.25, 0.3) is 0 Å². The predicted octanol–water partition coefficient (Wildman–Crippen LogP) is 0.649. The molecule has 6 nitrogen and oxygen atoms in total. The highest BCUT2D eigenvalue weighted by molar-refractivity contribution is 5.95. The molecule has 1 heterocycles. The van der Waals surface area contributed by atoms with Crippen molar-refractivity contribution < 1.29 is 9.94 Å². The van der Waals surface area contributed by atoms with Crippen LogP contribution >= 0.6 is 0 Å². The molecule has 0 radical (unpaired) electrons. The van der Waals surface area contributed by atoms with Crippen molar-refractivity contribution in [2.75, 3.05) is 20.2 Å². The Balaban J connectivity index is 1.79. The first kappa shape index (κ1) is 12.6. The van der Waals surface area contributed by atoms with E-state index in [1.165, 1.54) is 12.8 Å². The molecule has 0 aliphatic heterocycles. The second-order valence-corrected chi connectivity index (χ2v) is 4.42. The van der Waals surface area contributed by atoms with Crippen LogP contribution in [0.25, 0.3) is 0 Å². The van der Waals surface area contributed by atoms with Gasteiger partial charge in [-0.2, -0.15) is 0 Å². The third-order valence-corrected chi connectivity index (χ3v) is 2.99. The summed E-state index contributed by atoms with van der Waals surface area (Å²) in [7, 11) is 2.11. The Bertz CT molecular complexity index is 415. The number of likely N-dealkylation sites (N-methyl/N-ethyl adjacent to an activating group) is 1. The van der Waals surface area contributed by atoms with Crippen molar-refractivity contribution in [1.82, 2.24) is 9.88 Å². The summed E-state index contributed by atoms with van der Waals surface area (Å²) in [5.74, 6) is 0.684. The van der Waals surface area contributed by atoms with Crippen LogP contribution in [0.5, 0.6) is 5.75 Å². The summed E-state index contributed by atoms with van der Waals surface area (Å²) in [5.41, 5.74) is 5.84. The molecule has 0 spiro atoms. The molecule has 98 valence electrons. The highest BCUT2D eigenvalue weighted by Gasteiger charge is 2.25. The Morgan fingerprint density at radius 3 is 2.94 bits per heavy atom. The van der Waals surface area contributed by atoms with Gasteiger partial charge in [0.05, 0.1) is 6.20 Å². The number of pyridine rings is 1. The van der Waals surface area contributed by atoms with Gasteiger partial charge in [0.2, 0.25) is 0 Å². The number of nitrogens with zero attached hydrogens (tertiary/aromatic N) is 3. The van der Waals surface area contributed by atoms with E-state index in [0.29, 0.717) is 18.1 Å². The largest absolute Gasteiger partial charge is 0.491 e. The Hall–Kier alpha value is -1.82. The minimum atomic E-state index is -0.00461. The average molecular weight is 250 g/mol. The van der Waals surface area contributed by atoms with Gasteiger partial charge in [-0.25, -0.2) is 4.98 Å². The molecule has 18 heavy (non-hydrogen) atoms. The Kier molecular flexibility index (Phi) is 3.99. The number of oxime groups is 1. The fourth-order valence-corrected chi connectivity index (χ4v) is 1.67. The van der Waals surface area contributed by atoms with Crippen molar-refractivity contribution in [2.45, 2.75) is 18.9 Å². The van der Waals surface area contributed by atoms with Gasteiger partial charge in [-0.1, -0.05) is 5.16 Å². The van der Waals surface area contributed by atoms with E-state index < -0.39 is 0 Å². The lowest BCUT2D eigenvalue weighted by Gasteiger charge is -2.15. The Morgan fingerprint density at radius 1 is 1.61 bits per heavy atom. The maximum Gasteiger partial charge on any atom is 0.188 e. The molecule has 0 unspecified atom stereocenters. The maximum absolute atomic E-state index is 8.50. The molecular weight excluding hydrogens is 232 g/mol. The topological polar surface area (TPSA) is 84.0 Å². The van der Waals surface area contributed by atoms with Gasteiger partial charge in [0.1, 0.15) is 18.1 Å². The summed E-state index contributed by atoms with van der Waals surface area (Å²) in [6.45, 7) is 1.55. The lowest BCUT2D eigenvalue weighted by atomic mass is 10.3. The highest BCUT2D eigenvalue weighted by atomic mass is 16.5. The minimum Gasteiger partial charge on any atom is -0.491 e. The van der Waals surface area contributed by atoms with Gasteiger partial charge < -0.3 is 20.6 Å². The molecular formula is C12H18N4O2. The number of nitrogens with two attached hydrogens (primary N) is 1. The van der Waals surface area contributed by atoms with Crippen molar-refractivity contribution in [3.05, 3.63) is 24.0 Å². The first-order valence-electron chi connectivity index (χ1n) is 5.97. The number of hydrogen-bond acceptors (Lipinski definition) is 5. The Labute approximate surface area is 106 Å². The number of aromatic nitrogens is 1. The molecule has 1 aromatic heterocycles. The molecule has 2 rings (SSSR count). The molecule has 0 saturated heterocycles. The molecule has 0 atom stereocenters. The number of amidine groups is 1. The molecule has 1 saturated carbocycles. The minimum absolute atomic E-state index is 0.00461. The van der Waals surface area contributed by atoms with E-state index in [0.717, 1.165) is 12.6 Å². The summed E-state index contributed by atoms with van der Waals surface area (Å²) < 4.78 is 5.58. The zero-order chi connectivity index (χ0) is 13.0. The predicted molar refractivity (Wildman–Crippen MR) is 67.9 cm³/mol. The smallest absolute Gasteiger partial charge is 0.188 e. The van der Waals surface area contributed by atoms with E-state index in [9.17, 15) is 0 Å². The third kappa shape index (κ3) is 3.33. The summed E-state index contributed by atoms with van der Waals surface area (Å²) in [6, 6.07) is 4.17. The summed E-state index contributed by atoms with van der Waals surface area (Å²) in [4.78, 5) is 6.34. The van der Waals surface area contributed by atoms with Crippen LogP contribution in [0.2, 0.25) is 0 Å². The van der Waals surface area contributed by atoms with Crippen LogP contribution in [0.4, 0.5) is 0 Å². The lowest BCUT2D eigenvalue weighted by Crippen LogP contribution is -2.26. The first-order chi connectivity index (χ1) is 8.70. The van der Waals surface area contributed by atoms with E-state index in [1.54, 1.807) is 18.3 Å². The molecule has 0 aromatic carbocycles. The van der Waals surface area contributed by atoms with Gasteiger partial charge in [-0.05, 0) is 32.0 Å². The summed E-state index contributed by atoms with van der Waals surface area (Å²) in [5, 5.41) is 11.4. The molecule has 0 bridgehead atoms. The summed E-state index contributed by atoms with van der Waals surface area (Å²) >= 11 is 0. The van der Waals surface area contributed by atoms with Gasteiger partial charge in [-0.15, -0.1) is 0 Å². The fourth-order valence-electron chi connectivity index (χ4n) is 1.67. The molecule has 6 heteroatoms. The van der Waals surface area contributed by atoms with Crippen LogP contribution in [-0.4, -0.2) is 47.2 Å². The van der Waals surface area contributed by atoms with Crippen LogP contribution in [0.1, 0.15) is 18.5 Å². The van der Waals surface area contributed by atoms with E-state index in [1.807, 2.05) is 0 Å². The van der Waals surface area contributed by atoms with Gasteiger partial charge in [-0.3, -0.25) is 0 Å². The van der Waals surface area contributed by atoms with Crippen molar-refractivity contribution in [3.63, 3.8) is 0 Å². The standard InChI is InChI=1S/C12H18N4O2/c1-16(9-2-3-9)6-7-18-10-4-5-11(14-8-10)12(13)15-17/h4-5,8-9,17H,2-3,6-7H2,1H3,(H2,13,15). The van der Waals surface area contributed by atoms with Gasteiger partial charge in [0, 0.05) is 12.6 Å². The van der Waals surface area contributed by atoms with Crippen LogP contribution in [-0.2, 0) is 0 Å². The zero-order valence-electron chi connectivity index (χ0n) is 10.4. The number of ether oxygens (including phenoxy) is 1. The fraction of sp³-hybridized carbons (Fsp3) is 0.500. The molecule has 1 fully saturated rings. The summed E-state index contributed by atoms with van der Waals surface area (Å²) in [6.07, 6.45) is 4.17. The van der Waals surface area contributed by atoms with E-state index >= 15 is 0 Å². The number of rotatable bonds is 6. The maximum atomic E-state index is 8.50. The van der Waals surface area contributed by atoms with E-state index in [2.05, 4.69) is 22.1 Å². The third-order valence-electron chi connectivity index (χ3n) is 2.99. The lowest BCUT2D eigenvalue weighted by molar-refractivity contribution is 0.231. The second kappa shape index (κ2) is 5.68. The molecule has 1 aliphatic carbocycles. The SMILES string of the molecule is CN(CCOc1ccc(/C(N)=N/O)nc1)C1CC1. The molecule has 3 N–H and O–H groups in total. The Morgan fingerprint density at radius 2 is 2.39 bits per heavy atom. The van der Waals surface area contributed by atoms with Crippen LogP contribution in [0.15, 0.2) is 23.5 Å². The quantitative estimate of drug-likeness (QED) is 0.335. The average Bonchev–Trinajstić information content (AvgIpc) is 3.23. The molecule has 0 amide bonds. The zero-order valence-corrected chi connectivity index (χ0v) is 10.4. The van der Waals surface area contributed by atoms with E-state index in [-0.39, 0.29) is 5.84 Å². The molecule has 1 aromatic rings. The second-order valence-electron chi connectivity index (χ2n) is 4.42. The van der Waals surface area contributed by atoms with Crippen LogP contribution in [0, 0.1) is 0 Å². The monoisotopic (exact) mass is 250 g/mol. The van der Waals surface area contributed by atoms with E-state index in [4.69, 9.17) is 15.7 Å². The van der Waals surface area contributed by atoms with Crippen molar-refractivity contribution in [2.24, 2.45) is 10.9 Å². The highest BCUT2D eigenvalue weighted by Crippen LogP contribution is 2.24. The van der Waals surface area contributed by atoms with Crippen LogP contribution in [0.3, 0.4) is 0 Å². The van der Waals surface area contributed by atoms with Crippen LogP contribution < -0.4 is 10.5 Å². The van der Waals surface area contributed by atoms with Gasteiger partial charge in [0.15, 0.2) is 5.84 Å². The normalized spacial score (nSPS) is 16.0. The van der Waals surface area contributed by atoms with Crippen molar-refractivity contribution in [1.29, 1.82) is 0 Å².